The highest BCUT2D eigenvalue weighted by atomic mass is 35.5. The van der Waals surface area contributed by atoms with Crippen LogP contribution in [-0.2, 0) is 6.54 Å². The summed E-state index contributed by atoms with van der Waals surface area (Å²) in [6, 6.07) is 8.21. The fourth-order valence-corrected chi connectivity index (χ4v) is 2.36. The number of para-hydroxylation sites is 1. The van der Waals surface area contributed by atoms with E-state index in [1.54, 1.807) is 0 Å². The van der Waals surface area contributed by atoms with Gasteiger partial charge in [0, 0.05) is 18.1 Å². The van der Waals surface area contributed by atoms with Crippen LogP contribution in [0.5, 0.6) is 0 Å². The number of hydrogen-bond acceptors (Lipinski definition) is 0. The summed E-state index contributed by atoms with van der Waals surface area (Å²) in [6.45, 7) is 5.59. The van der Waals surface area contributed by atoms with Crippen LogP contribution in [0, 0.1) is 5.92 Å². The summed E-state index contributed by atoms with van der Waals surface area (Å²) in [5.74, 6) is 0.775. The molecule has 0 amide bonds. The van der Waals surface area contributed by atoms with Gasteiger partial charge in [-0.25, -0.2) is 0 Å². The predicted molar refractivity (Wildman–Crippen MR) is 71.0 cm³/mol. The molecule has 1 nitrogen and oxygen atoms in total. The summed E-state index contributed by atoms with van der Waals surface area (Å²) in [5.41, 5.74) is 1.17. The molecule has 0 radical (unpaired) electrons. The molecule has 0 spiro atoms. The number of aromatic nitrogens is 1. The Morgan fingerprint density at radius 1 is 1.25 bits per heavy atom. The first-order valence-corrected chi connectivity index (χ1v) is 6.29. The second-order valence-corrected chi connectivity index (χ2v) is 5.13. The largest absolute Gasteiger partial charge is 0.346 e. The van der Waals surface area contributed by atoms with E-state index in [2.05, 4.69) is 36.7 Å². The molecule has 1 aromatic heterocycles. The molecule has 2 rings (SSSR count). The highest BCUT2D eigenvalue weighted by Gasteiger charge is 2.04. The maximum Gasteiger partial charge on any atom is 0.0669 e. The predicted octanol–water partition coefficient (Wildman–Crippen LogP) is 4.73. The third-order valence-electron chi connectivity index (χ3n) is 2.92. The third kappa shape index (κ3) is 2.41. The van der Waals surface area contributed by atoms with Crippen molar-refractivity contribution < 1.29 is 0 Å². The number of benzene rings is 1. The van der Waals surface area contributed by atoms with E-state index in [-0.39, 0.29) is 0 Å². The van der Waals surface area contributed by atoms with Gasteiger partial charge in [-0.1, -0.05) is 37.6 Å². The van der Waals surface area contributed by atoms with Gasteiger partial charge >= 0.3 is 0 Å². The minimum absolute atomic E-state index is 0.775. The third-order valence-corrected chi connectivity index (χ3v) is 3.22. The van der Waals surface area contributed by atoms with Gasteiger partial charge in [-0.05, 0) is 30.9 Å². The number of nitrogens with zero attached hydrogens (tertiary/aromatic N) is 1. The molecule has 0 aliphatic heterocycles. The van der Waals surface area contributed by atoms with Crippen molar-refractivity contribution in [1.82, 2.24) is 4.57 Å². The van der Waals surface area contributed by atoms with E-state index in [4.69, 9.17) is 11.6 Å². The van der Waals surface area contributed by atoms with Crippen LogP contribution in [0.4, 0.5) is 0 Å². The fraction of sp³-hybridized carbons (Fsp3) is 0.429. The Kier molecular flexibility index (Phi) is 3.55. The Hall–Kier alpha value is -0.950. The molecule has 16 heavy (non-hydrogen) atoms. The zero-order valence-corrected chi connectivity index (χ0v) is 10.7. The van der Waals surface area contributed by atoms with Crippen molar-refractivity contribution in [3.05, 3.63) is 35.5 Å². The second kappa shape index (κ2) is 4.92. The molecule has 1 heterocycles. The highest BCUT2D eigenvalue weighted by molar-refractivity contribution is 6.35. The van der Waals surface area contributed by atoms with Crippen molar-refractivity contribution in [2.75, 3.05) is 0 Å². The molecule has 0 bridgehead atoms. The molecule has 2 heteroatoms. The number of hydrogen-bond donors (Lipinski definition) is 0. The molecule has 1 aromatic carbocycles. The first-order chi connectivity index (χ1) is 7.68. The van der Waals surface area contributed by atoms with Gasteiger partial charge < -0.3 is 4.57 Å². The van der Waals surface area contributed by atoms with E-state index < -0.39 is 0 Å². The molecule has 0 atom stereocenters. The Morgan fingerprint density at radius 2 is 2.06 bits per heavy atom. The summed E-state index contributed by atoms with van der Waals surface area (Å²) < 4.78 is 2.26. The zero-order chi connectivity index (χ0) is 11.5. The lowest BCUT2D eigenvalue weighted by molar-refractivity contribution is 0.518. The van der Waals surface area contributed by atoms with Gasteiger partial charge in [0.25, 0.3) is 0 Å². The molecule has 0 aliphatic rings. The van der Waals surface area contributed by atoms with Crippen molar-refractivity contribution in [2.45, 2.75) is 33.2 Å². The quantitative estimate of drug-likeness (QED) is 0.722. The van der Waals surface area contributed by atoms with Crippen LogP contribution in [0.25, 0.3) is 10.9 Å². The van der Waals surface area contributed by atoms with Gasteiger partial charge in [0.05, 0.1) is 10.5 Å². The van der Waals surface area contributed by atoms with E-state index in [0.29, 0.717) is 0 Å². The van der Waals surface area contributed by atoms with Crippen molar-refractivity contribution in [2.24, 2.45) is 5.92 Å². The molecule has 0 aliphatic carbocycles. The second-order valence-electron chi connectivity index (χ2n) is 4.72. The Balaban J connectivity index is 2.18. The van der Waals surface area contributed by atoms with Crippen LogP contribution in [0.2, 0.25) is 5.02 Å². The Morgan fingerprint density at radius 3 is 2.81 bits per heavy atom. The van der Waals surface area contributed by atoms with Crippen LogP contribution in [0.1, 0.15) is 26.7 Å². The van der Waals surface area contributed by atoms with Crippen molar-refractivity contribution in [1.29, 1.82) is 0 Å². The van der Waals surface area contributed by atoms with Gasteiger partial charge in [0.1, 0.15) is 0 Å². The fourth-order valence-electron chi connectivity index (χ4n) is 2.07. The standard InChI is InChI=1S/C14H18ClN/c1-11(2)5-4-9-16-10-8-12-6-3-7-13(15)14(12)16/h3,6-8,10-11H,4-5,9H2,1-2H3. The maximum atomic E-state index is 6.22. The average molecular weight is 236 g/mol. The van der Waals surface area contributed by atoms with Crippen LogP contribution >= 0.6 is 11.6 Å². The monoisotopic (exact) mass is 235 g/mol. The van der Waals surface area contributed by atoms with E-state index >= 15 is 0 Å². The number of aryl methyl sites for hydroxylation is 1. The first kappa shape index (κ1) is 11.5. The number of rotatable bonds is 4. The van der Waals surface area contributed by atoms with E-state index in [1.807, 2.05) is 12.1 Å². The normalized spacial score (nSPS) is 11.5. The van der Waals surface area contributed by atoms with Gasteiger partial charge in [-0.3, -0.25) is 0 Å². The lowest BCUT2D eigenvalue weighted by atomic mass is 10.1. The molecule has 0 fully saturated rings. The zero-order valence-electron chi connectivity index (χ0n) is 9.91. The number of halogens is 1. The smallest absolute Gasteiger partial charge is 0.0669 e. The molecule has 2 aromatic rings. The summed E-state index contributed by atoms with van der Waals surface area (Å²) in [6.07, 6.45) is 4.62. The summed E-state index contributed by atoms with van der Waals surface area (Å²) in [5, 5.41) is 2.09. The molecule has 86 valence electrons. The maximum absolute atomic E-state index is 6.22. The van der Waals surface area contributed by atoms with E-state index in [9.17, 15) is 0 Å². The van der Waals surface area contributed by atoms with E-state index in [0.717, 1.165) is 17.5 Å². The van der Waals surface area contributed by atoms with Gasteiger partial charge in [-0.2, -0.15) is 0 Å². The summed E-state index contributed by atoms with van der Waals surface area (Å²) in [7, 11) is 0. The highest BCUT2D eigenvalue weighted by Crippen LogP contribution is 2.24. The average Bonchev–Trinajstić information content (AvgIpc) is 2.62. The van der Waals surface area contributed by atoms with Crippen LogP contribution in [0.15, 0.2) is 30.5 Å². The lowest BCUT2D eigenvalue weighted by Crippen LogP contribution is -1.98. The van der Waals surface area contributed by atoms with Crippen molar-refractivity contribution in [3.8, 4) is 0 Å². The van der Waals surface area contributed by atoms with Crippen molar-refractivity contribution >= 4 is 22.5 Å². The minimum atomic E-state index is 0.775. The minimum Gasteiger partial charge on any atom is -0.346 e. The Labute approximate surface area is 102 Å². The molecule has 0 unspecified atom stereocenters. The van der Waals surface area contributed by atoms with Crippen LogP contribution < -0.4 is 0 Å². The topological polar surface area (TPSA) is 4.93 Å². The van der Waals surface area contributed by atoms with Crippen molar-refractivity contribution in [3.63, 3.8) is 0 Å². The van der Waals surface area contributed by atoms with E-state index in [1.165, 1.54) is 23.7 Å². The molecular formula is C14H18ClN. The van der Waals surface area contributed by atoms with Crippen LogP contribution in [0.3, 0.4) is 0 Å². The Bertz CT molecular complexity index is 471. The van der Waals surface area contributed by atoms with Crippen LogP contribution in [-0.4, -0.2) is 4.57 Å². The molecule has 0 saturated heterocycles. The lowest BCUT2D eigenvalue weighted by Gasteiger charge is -2.08. The number of fused-ring (bicyclic) bond motifs is 1. The molecule has 0 N–H and O–H groups in total. The van der Waals surface area contributed by atoms with Gasteiger partial charge in [0.15, 0.2) is 0 Å². The SMILES string of the molecule is CC(C)CCCn1ccc2cccc(Cl)c21. The first-order valence-electron chi connectivity index (χ1n) is 5.92. The summed E-state index contributed by atoms with van der Waals surface area (Å²) in [4.78, 5) is 0. The summed E-state index contributed by atoms with van der Waals surface area (Å²) >= 11 is 6.22. The van der Waals surface area contributed by atoms with Gasteiger partial charge in [-0.15, -0.1) is 0 Å². The molecular weight excluding hydrogens is 218 g/mol. The van der Waals surface area contributed by atoms with Gasteiger partial charge in [0.2, 0.25) is 0 Å². The molecule has 0 saturated carbocycles.